The van der Waals surface area contributed by atoms with E-state index >= 15 is 0 Å². The fourth-order valence-corrected chi connectivity index (χ4v) is 3.87. The maximum atomic E-state index is 13.4. The van der Waals surface area contributed by atoms with Gasteiger partial charge in [0.15, 0.2) is 17.4 Å². The van der Waals surface area contributed by atoms with E-state index in [0.717, 1.165) is 17.2 Å². The summed E-state index contributed by atoms with van der Waals surface area (Å²) in [4.78, 5) is 6.17. The minimum Gasteiger partial charge on any atom is -0.505 e. The van der Waals surface area contributed by atoms with Gasteiger partial charge in [-0.15, -0.1) is 5.10 Å². The van der Waals surface area contributed by atoms with E-state index in [2.05, 4.69) is 15.2 Å². The van der Waals surface area contributed by atoms with Crippen molar-refractivity contribution in [2.45, 2.75) is 19.7 Å². The van der Waals surface area contributed by atoms with Gasteiger partial charge in [-0.3, -0.25) is 4.90 Å². The largest absolute Gasteiger partial charge is 0.505 e. The lowest BCUT2D eigenvalue weighted by molar-refractivity contribution is 0.276. The van der Waals surface area contributed by atoms with Gasteiger partial charge in [0.05, 0.1) is 16.2 Å². The van der Waals surface area contributed by atoms with Crippen LogP contribution < -0.4 is 4.74 Å². The van der Waals surface area contributed by atoms with E-state index in [1.54, 1.807) is 6.07 Å². The van der Waals surface area contributed by atoms with Gasteiger partial charge in [-0.2, -0.15) is 0 Å². The number of phenols is 1. The summed E-state index contributed by atoms with van der Waals surface area (Å²) >= 11 is 11.9. The first kappa shape index (κ1) is 24.8. The molecule has 0 atom stereocenters. The van der Waals surface area contributed by atoms with Crippen LogP contribution in [-0.4, -0.2) is 32.2 Å². The molecule has 0 aliphatic carbocycles. The van der Waals surface area contributed by atoms with Crippen molar-refractivity contribution in [1.29, 1.82) is 0 Å². The van der Waals surface area contributed by atoms with Gasteiger partial charge in [-0.25, -0.2) is 13.8 Å². The molecule has 0 radical (unpaired) electrons. The lowest BCUT2D eigenvalue weighted by Crippen LogP contribution is -2.17. The number of benzene rings is 3. The lowest BCUT2D eigenvalue weighted by atomic mass is 10.1. The monoisotopic (exact) mass is 516 g/mol. The third kappa shape index (κ3) is 6.42. The molecule has 10 heteroatoms. The summed E-state index contributed by atoms with van der Waals surface area (Å²) in [6, 6.07) is 14.9. The van der Waals surface area contributed by atoms with Crippen LogP contribution in [0.15, 0.2) is 60.8 Å². The van der Waals surface area contributed by atoms with E-state index in [1.165, 1.54) is 24.4 Å². The van der Waals surface area contributed by atoms with Crippen molar-refractivity contribution in [3.05, 3.63) is 99.2 Å². The van der Waals surface area contributed by atoms with Crippen molar-refractivity contribution in [3.8, 4) is 23.0 Å². The molecule has 0 saturated carbocycles. The second-order valence-electron chi connectivity index (χ2n) is 7.94. The van der Waals surface area contributed by atoms with E-state index in [1.807, 2.05) is 36.2 Å². The highest BCUT2D eigenvalue weighted by Gasteiger charge is 2.11. The van der Waals surface area contributed by atoms with E-state index in [-0.39, 0.29) is 28.4 Å². The molecule has 1 aromatic heterocycles. The van der Waals surface area contributed by atoms with Crippen molar-refractivity contribution in [1.82, 2.24) is 20.1 Å². The summed E-state index contributed by atoms with van der Waals surface area (Å²) in [6.45, 7) is 1.38. The van der Waals surface area contributed by atoms with Gasteiger partial charge in [0.1, 0.15) is 12.3 Å². The Morgan fingerprint density at radius 2 is 1.49 bits per heavy atom. The van der Waals surface area contributed by atoms with E-state index < -0.39 is 11.6 Å². The topological polar surface area (TPSA) is 71.4 Å². The Hall–Kier alpha value is -3.33. The molecule has 0 fully saturated rings. The quantitative estimate of drug-likeness (QED) is 0.307. The molecule has 1 N–H and O–H groups in total. The third-order valence-electron chi connectivity index (χ3n) is 5.13. The van der Waals surface area contributed by atoms with Gasteiger partial charge in [-0.05, 0) is 48.0 Å². The summed E-state index contributed by atoms with van der Waals surface area (Å²) in [5.74, 6) is -1.89. The zero-order chi connectivity index (χ0) is 24.9. The molecular weight excluding hydrogens is 497 g/mol. The zero-order valence-electron chi connectivity index (χ0n) is 18.6. The first-order valence-corrected chi connectivity index (χ1v) is 11.3. The van der Waals surface area contributed by atoms with Gasteiger partial charge < -0.3 is 9.84 Å². The molecule has 0 saturated heterocycles. The van der Waals surface area contributed by atoms with Crippen LogP contribution in [0.25, 0.3) is 11.3 Å². The average Bonchev–Trinajstić information content (AvgIpc) is 2.84. The SMILES string of the molecule is CN(Cc1ccc(COc2ncc(-c3cc(Cl)c(O)c(Cl)c3)nn2)cc1)Cc1ccc(F)c(F)c1. The molecule has 0 unspecified atom stereocenters. The van der Waals surface area contributed by atoms with Crippen molar-refractivity contribution in [3.63, 3.8) is 0 Å². The van der Waals surface area contributed by atoms with E-state index in [0.29, 0.717) is 29.9 Å². The number of nitrogens with zero attached hydrogens (tertiary/aromatic N) is 4. The first-order valence-electron chi connectivity index (χ1n) is 10.5. The fourth-order valence-electron chi connectivity index (χ4n) is 3.38. The number of hydrogen-bond donors (Lipinski definition) is 1. The minimum atomic E-state index is -0.849. The van der Waals surface area contributed by atoms with Crippen molar-refractivity contribution >= 4 is 23.2 Å². The maximum absolute atomic E-state index is 13.4. The standard InChI is InChI=1S/C25H20Cl2F2N4O2/c1-33(13-17-6-7-21(28)22(29)8-17)12-15-2-4-16(5-3-15)14-35-25-30-11-23(31-32-25)18-9-19(26)24(34)20(27)10-18/h2-11,34H,12-14H2,1H3. The molecule has 1 heterocycles. The van der Waals surface area contributed by atoms with E-state index in [4.69, 9.17) is 27.9 Å². The highest BCUT2D eigenvalue weighted by atomic mass is 35.5. The molecule has 35 heavy (non-hydrogen) atoms. The highest BCUT2D eigenvalue weighted by molar-refractivity contribution is 6.37. The number of halogens is 4. The molecule has 0 aliphatic rings. The molecule has 180 valence electrons. The Labute approximate surface area is 210 Å². The minimum absolute atomic E-state index is 0.105. The molecule has 0 amide bonds. The summed E-state index contributed by atoms with van der Waals surface area (Å²) in [6.07, 6.45) is 1.48. The number of hydrogen-bond acceptors (Lipinski definition) is 6. The first-order chi connectivity index (χ1) is 16.8. The molecule has 0 bridgehead atoms. The molecule has 0 spiro atoms. The number of phenolic OH excluding ortho intramolecular Hbond substituents is 1. The van der Waals surface area contributed by atoms with Crippen LogP contribution in [0.3, 0.4) is 0 Å². The predicted octanol–water partition coefficient (Wildman–Crippen LogP) is 6.04. The molecule has 3 aromatic carbocycles. The van der Waals surface area contributed by atoms with Crippen LogP contribution in [0, 0.1) is 11.6 Å². The summed E-state index contributed by atoms with van der Waals surface area (Å²) in [7, 11) is 1.91. The molecule has 6 nitrogen and oxygen atoms in total. The maximum Gasteiger partial charge on any atom is 0.336 e. The average molecular weight is 517 g/mol. The van der Waals surface area contributed by atoms with Crippen LogP contribution in [0.4, 0.5) is 8.78 Å². The van der Waals surface area contributed by atoms with Crippen LogP contribution in [0.2, 0.25) is 10.0 Å². The number of aromatic nitrogens is 3. The summed E-state index contributed by atoms with van der Waals surface area (Å²) in [5, 5.41) is 17.9. The van der Waals surface area contributed by atoms with E-state index in [9.17, 15) is 13.9 Å². The van der Waals surface area contributed by atoms with Gasteiger partial charge in [0.25, 0.3) is 0 Å². The summed E-state index contributed by atoms with van der Waals surface area (Å²) < 4.78 is 32.1. The summed E-state index contributed by atoms with van der Waals surface area (Å²) in [5.41, 5.74) is 3.68. The number of rotatable bonds is 8. The van der Waals surface area contributed by atoms with Crippen molar-refractivity contribution in [2.75, 3.05) is 7.05 Å². The smallest absolute Gasteiger partial charge is 0.336 e. The molecule has 0 aliphatic heterocycles. The third-order valence-corrected chi connectivity index (χ3v) is 5.71. The highest BCUT2D eigenvalue weighted by Crippen LogP contribution is 2.35. The lowest BCUT2D eigenvalue weighted by Gasteiger charge is -2.17. The zero-order valence-corrected chi connectivity index (χ0v) is 20.1. The normalized spacial score (nSPS) is 11.1. The molecule has 4 rings (SSSR count). The Bertz CT molecular complexity index is 1300. The Balaban J connectivity index is 1.30. The second-order valence-corrected chi connectivity index (χ2v) is 8.75. The second kappa shape index (κ2) is 10.9. The Morgan fingerprint density at radius 1 is 0.857 bits per heavy atom. The van der Waals surface area contributed by atoms with Gasteiger partial charge in [0.2, 0.25) is 0 Å². The van der Waals surface area contributed by atoms with Crippen molar-refractivity contribution < 1.29 is 18.6 Å². The van der Waals surface area contributed by atoms with Crippen LogP contribution >= 0.6 is 23.2 Å². The van der Waals surface area contributed by atoms with Gasteiger partial charge in [0, 0.05) is 18.7 Å². The van der Waals surface area contributed by atoms with Crippen molar-refractivity contribution in [2.24, 2.45) is 0 Å². The molecule has 4 aromatic rings. The van der Waals surface area contributed by atoms with Crippen LogP contribution in [0.5, 0.6) is 11.8 Å². The number of ether oxygens (including phenoxy) is 1. The van der Waals surface area contributed by atoms with Gasteiger partial charge >= 0.3 is 6.01 Å². The van der Waals surface area contributed by atoms with Crippen LogP contribution in [0.1, 0.15) is 16.7 Å². The van der Waals surface area contributed by atoms with Gasteiger partial charge in [-0.1, -0.05) is 58.6 Å². The fraction of sp³-hybridized carbons (Fsp3) is 0.160. The predicted molar refractivity (Wildman–Crippen MR) is 129 cm³/mol. The Kier molecular flexibility index (Phi) is 7.75. The Morgan fingerprint density at radius 3 is 2.11 bits per heavy atom. The van der Waals surface area contributed by atoms with Crippen LogP contribution in [-0.2, 0) is 19.7 Å². The number of aromatic hydroxyl groups is 1. The molecular formula is C25H20Cl2F2N4O2.